The third-order valence-electron chi connectivity index (χ3n) is 13.0. The van der Waals surface area contributed by atoms with Gasteiger partial charge in [-0.3, -0.25) is 0 Å². The largest absolute Gasteiger partial charge is 0.309 e. The summed E-state index contributed by atoms with van der Waals surface area (Å²) in [6, 6.07) is 75.0. The fourth-order valence-electron chi connectivity index (χ4n) is 10.6. The molecule has 0 aliphatic heterocycles. The highest BCUT2D eigenvalue weighted by atomic mass is 15.1. The van der Waals surface area contributed by atoms with Crippen molar-refractivity contribution in [2.75, 3.05) is 4.90 Å². The minimum absolute atomic E-state index is 0.451. The standard InChI is InChI=1S/C57H39N/c1-36-27-30-46-47-31-28-37(2)34-53(47)57(52(46)33-36)50-23-12-10-22-48(50)56-51(57)24-14-26-55(56)58(54-25-13-11-17-40(54)38-15-4-3-5-16-38)39-29-32-45-43-20-7-6-18-41(43)42-19-8-9-21-44(42)49(45)35-39/h3-35H,1-2H3. The molecule has 0 N–H and O–H groups in total. The van der Waals surface area contributed by atoms with Gasteiger partial charge in [0.15, 0.2) is 0 Å². The van der Waals surface area contributed by atoms with Crippen LogP contribution in [-0.2, 0) is 5.41 Å². The zero-order chi connectivity index (χ0) is 38.5. The number of benzene rings is 10. The van der Waals surface area contributed by atoms with Crippen LogP contribution >= 0.6 is 0 Å². The van der Waals surface area contributed by atoms with Crippen molar-refractivity contribution in [1.82, 2.24) is 0 Å². The first kappa shape index (κ1) is 33.0. The molecule has 0 fully saturated rings. The van der Waals surface area contributed by atoms with Gasteiger partial charge in [0.1, 0.15) is 0 Å². The van der Waals surface area contributed by atoms with Gasteiger partial charge >= 0.3 is 0 Å². The Balaban J connectivity index is 1.21. The van der Waals surface area contributed by atoms with E-state index in [-0.39, 0.29) is 0 Å². The smallest absolute Gasteiger partial charge is 0.0726 e. The lowest BCUT2D eigenvalue weighted by Gasteiger charge is -2.33. The van der Waals surface area contributed by atoms with Gasteiger partial charge in [0.05, 0.1) is 16.8 Å². The van der Waals surface area contributed by atoms with E-state index in [0.29, 0.717) is 0 Å². The average Bonchev–Trinajstić information content (AvgIpc) is 3.74. The minimum Gasteiger partial charge on any atom is -0.309 e. The van der Waals surface area contributed by atoms with Crippen LogP contribution in [0.2, 0.25) is 0 Å². The van der Waals surface area contributed by atoms with Crippen LogP contribution in [0, 0.1) is 13.8 Å². The average molecular weight is 738 g/mol. The predicted octanol–water partition coefficient (Wildman–Crippen LogP) is 15.2. The van der Waals surface area contributed by atoms with E-state index in [4.69, 9.17) is 0 Å². The number of anilines is 3. The van der Waals surface area contributed by atoms with E-state index >= 15 is 0 Å². The molecule has 0 aromatic heterocycles. The lowest BCUT2D eigenvalue weighted by atomic mass is 9.70. The normalized spacial score (nSPS) is 13.1. The highest BCUT2D eigenvalue weighted by Crippen LogP contribution is 2.65. The second-order valence-electron chi connectivity index (χ2n) is 16.1. The summed E-state index contributed by atoms with van der Waals surface area (Å²) < 4.78 is 0. The van der Waals surface area contributed by atoms with Crippen LogP contribution in [0.15, 0.2) is 200 Å². The Morgan fingerprint density at radius 1 is 0.328 bits per heavy atom. The number of aryl methyl sites for hydroxylation is 2. The Morgan fingerprint density at radius 2 is 0.845 bits per heavy atom. The van der Waals surface area contributed by atoms with E-state index in [1.807, 2.05) is 0 Å². The molecule has 2 aliphatic rings. The van der Waals surface area contributed by atoms with Gasteiger partial charge in [0.25, 0.3) is 0 Å². The number of fused-ring (bicyclic) bond motifs is 16. The molecule has 0 unspecified atom stereocenters. The van der Waals surface area contributed by atoms with Gasteiger partial charge in [-0.25, -0.2) is 0 Å². The van der Waals surface area contributed by atoms with Crippen molar-refractivity contribution >= 4 is 49.4 Å². The van der Waals surface area contributed by atoms with Crippen LogP contribution in [0.1, 0.15) is 33.4 Å². The summed E-state index contributed by atoms with van der Waals surface area (Å²) in [5.74, 6) is 0. The van der Waals surface area contributed by atoms with Crippen LogP contribution in [0.5, 0.6) is 0 Å². The quantitative estimate of drug-likeness (QED) is 0.163. The van der Waals surface area contributed by atoms with Crippen LogP contribution in [0.4, 0.5) is 17.1 Å². The maximum Gasteiger partial charge on any atom is 0.0726 e. The van der Waals surface area contributed by atoms with Crippen LogP contribution in [-0.4, -0.2) is 0 Å². The highest BCUT2D eigenvalue weighted by Gasteiger charge is 2.52. The Hall–Kier alpha value is -7.22. The SMILES string of the molecule is Cc1ccc2c(c1)C1(c3cc(C)ccc3-2)c2ccccc2-c2c(N(c3ccc4c5ccccc5c5ccccc5c4c3)c3ccccc3-c3ccccc3)cccc21. The summed E-state index contributed by atoms with van der Waals surface area (Å²) in [5, 5.41) is 7.63. The predicted molar refractivity (Wildman–Crippen MR) is 245 cm³/mol. The molecule has 0 saturated heterocycles. The van der Waals surface area contributed by atoms with Crippen LogP contribution in [0.25, 0.3) is 65.7 Å². The van der Waals surface area contributed by atoms with Gasteiger partial charge in [0.2, 0.25) is 0 Å². The molecular weight excluding hydrogens is 699 g/mol. The Kier molecular flexibility index (Phi) is 7.04. The van der Waals surface area contributed by atoms with E-state index in [1.165, 1.54) is 105 Å². The van der Waals surface area contributed by atoms with Crippen molar-refractivity contribution in [2.24, 2.45) is 0 Å². The third kappa shape index (κ3) is 4.47. The zero-order valence-electron chi connectivity index (χ0n) is 32.5. The van der Waals surface area contributed by atoms with Crippen molar-refractivity contribution in [3.63, 3.8) is 0 Å². The number of nitrogens with zero attached hydrogens (tertiary/aromatic N) is 1. The lowest BCUT2D eigenvalue weighted by Crippen LogP contribution is -2.26. The first-order valence-corrected chi connectivity index (χ1v) is 20.3. The fourth-order valence-corrected chi connectivity index (χ4v) is 10.6. The van der Waals surface area contributed by atoms with Crippen LogP contribution in [0.3, 0.4) is 0 Å². The molecule has 0 amide bonds. The van der Waals surface area contributed by atoms with E-state index < -0.39 is 5.41 Å². The monoisotopic (exact) mass is 737 g/mol. The van der Waals surface area contributed by atoms with Crippen molar-refractivity contribution in [3.05, 3.63) is 234 Å². The summed E-state index contributed by atoms with van der Waals surface area (Å²) in [6.45, 7) is 4.46. The second-order valence-corrected chi connectivity index (χ2v) is 16.1. The molecule has 10 aromatic rings. The Labute approximate surface area is 339 Å². The molecular formula is C57H39N. The first-order valence-electron chi connectivity index (χ1n) is 20.3. The molecule has 58 heavy (non-hydrogen) atoms. The van der Waals surface area contributed by atoms with E-state index in [1.54, 1.807) is 0 Å². The maximum absolute atomic E-state index is 2.55. The number of rotatable bonds is 4. The van der Waals surface area contributed by atoms with Gasteiger partial charge in [-0.1, -0.05) is 187 Å². The molecule has 0 saturated carbocycles. The molecule has 272 valence electrons. The summed E-state index contributed by atoms with van der Waals surface area (Å²) in [5.41, 5.74) is 18.6. The highest BCUT2D eigenvalue weighted by molar-refractivity contribution is 6.26. The first-order chi connectivity index (χ1) is 28.6. The van der Waals surface area contributed by atoms with Gasteiger partial charge < -0.3 is 4.90 Å². The molecule has 0 atom stereocenters. The van der Waals surface area contributed by atoms with Crippen LogP contribution < -0.4 is 4.90 Å². The van der Waals surface area contributed by atoms with Gasteiger partial charge in [0, 0.05) is 16.8 Å². The molecule has 1 spiro atoms. The van der Waals surface area contributed by atoms with Gasteiger partial charge in [-0.2, -0.15) is 0 Å². The number of para-hydroxylation sites is 1. The van der Waals surface area contributed by atoms with Crippen molar-refractivity contribution < 1.29 is 0 Å². The molecule has 12 rings (SSSR count). The summed E-state index contributed by atoms with van der Waals surface area (Å²) in [7, 11) is 0. The Morgan fingerprint density at radius 3 is 1.52 bits per heavy atom. The topological polar surface area (TPSA) is 3.24 Å². The molecule has 10 aromatic carbocycles. The minimum atomic E-state index is -0.451. The third-order valence-corrected chi connectivity index (χ3v) is 13.0. The number of hydrogen-bond donors (Lipinski definition) is 0. The summed E-state index contributed by atoms with van der Waals surface area (Å²) in [6.07, 6.45) is 0. The van der Waals surface area contributed by atoms with Crippen molar-refractivity contribution in [3.8, 4) is 33.4 Å². The lowest BCUT2D eigenvalue weighted by molar-refractivity contribution is 0.791. The van der Waals surface area contributed by atoms with E-state index in [9.17, 15) is 0 Å². The maximum atomic E-state index is 2.55. The number of hydrogen-bond acceptors (Lipinski definition) is 1. The summed E-state index contributed by atoms with van der Waals surface area (Å²) in [4.78, 5) is 2.55. The molecule has 1 heteroatoms. The van der Waals surface area contributed by atoms with Gasteiger partial charge in [-0.05, 0) is 115 Å². The van der Waals surface area contributed by atoms with E-state index in [0.717, 1.165) is 11.4 Å². The molecule has 0 bridgehead atoms. The molecule has 1 nitrogen and oxygen atoms in total. The van der Waals surface area contributed by atoms with E-state index in [2.05, 4.69) is 219 Å². The van der Waals surface area contributed by atoms with Crippen molar-refractivity contribution in [2.45, 2.75) is 19.3 Å². The Bertz CT molecular complexity index is 3230. The molecule has 2 aliphatic carbocycles. The molecule has 0 radical (unpaired) electrons. The second kappa shape index (κ2) is 12.4. The fraction of sp³-hybridized carbons (Fsp3) is 0.0526. The summed E-state index contributed by atoms with van der Waals surface area (Å²) >= 11 is 0. The zero-order valence-corrected chi connectivity index (χ0v) is 32.5. The van der Waals surface area contributed by atoms with Gasteiger partial charge in [-0.15, -0.1) is 0 Å². The van der Waals surface area contributed by atoms with Crippen molar-refractivity contribution in [1.29, 1.82) is 0 Å². The molecule has 0 heterocycles.